The smallest absolute Gasteiger partial charge is 0.261 e. The molecule has 6 atom stereocenters. The third-order valence-electron chi connectivity index (χ3n) is 9.34. The van der Waals surface area contributed by atoms with Crippen molar-refractivity contribution in [1.29, 1.82) is 0 Å². The monoisotopic (exact) mass is 456 g/mol. The molecule has 0 spiro atoms. The fraction of sp³-hybridized carbons (Fsp3) is 0.692. The van der Waals surface area contributed by atoms with Gasteiger partial charge in [0, 0.05) is 4.88 Å². The number of nitrogens with zero attached hydrogens (tertiary/aromatic N) is 1. The zero-order valence-corrected chi connectivity index (χ0v) is 20.1. The second-order valence-electron chi connectivity index (χ2n) is 10.9. The summed E-state index contributed by atoms with van der Waals surface area (Å²) in [5.41, 5.74) is 2.88. The first-order valence-electron chi connectivity index (χ1n) is 12.3. The molecular weight excluding hydrogens is 420 g/mol. The minimum Gasteiger partial charge on any atom is -0.393 e. The van der Waals surface area contributed by atoms with Crippen LogP contribution in [0.15, 0.2) is 34.3 Å². The van der Waals surface area contributed by atoms with E-state index in [4.69, 9.17) is 4.84 Å². The molecule has 6 heteroatoms. The summed E-state index contributed by atoms with van der Waals surface area (Å²) in [5, 5.41) is 19.8. The van der Waals surface area contributed by atoms with E-state index in [0.717, 1.165) is 54.5 Å². The summed E-state index contributed by atoms with van der Waals surface area (Å²) in [7, 11) is 0. The summed E-state index contributed by atoms with van der Waals surface area (Å²) in [6, 6.07) is 3.99. The number of nitrogens with one attached hydrogen (secondary N) is 1. The van der Waals surface area contributed by atoms with Crippen molar-refractivity contribution >= 4 is 23.0 Å². The number of carbonyl (C=O) groups is 1. The maximum Gasteiger partial charge on any atom is 0.261 e. The number of thiophene rings is 1. The Morgan fingerprint density at radius 2 is 2.09 bits per heavy atom. The molecule has 5 rings (SSSR count). The van der Waals surface area contributed by atoms with Gasteiger partial charge in [-0.05, 0) is 97.5 Å². The number of allylic oxidation sites excluding steroid dienone is 2. The lowest BCUT2D eigenvalue weighted by atomic mass is 9.47. The van der Waals surface area contributed by atoms with Gasteiger partial charge in [-0.15, -0.1) is 11.3 Å². The molecule has 0 saturated heterocycles. The minimum absolute atomic E-state index is 0.0391. The van der Waals surface area contributed by atoms with Crippen molar-refractivity contribution in [3.63, 3.8) is 0 Å². The van der Waals surface area contributed by atoms with Crippen molar-refractivity contribution in [3.8, 4) is 0 Å². The quantitative estimate of drug-likeness (QED) is 0.609. The number of hydrogen-bond acceptors (Lipinski definition) is 5. The molecule has 5 nitrogen and oxygen atoms in total. The second-order valence-corrected chi connectivity index (χ2v) is 11.9. The van der Waals surface area contributed by atoms with Crippen LogP contribution in [-0.2, 0) is 16.2 Å². The van der Waals surface area contributed by atoms with E-state index in [1.165, 1.54) is 24.8 Å². The number of carbonyl (C=O) groups excluding carboxylic acids is 1. The largest absolute Gasteiger partial charge is 0.393 e. The minimum atomic E-state index is -0.138. The van der Waals surface area contributed by atoms with Crippen LogP contribution in [-0.4, -0.2) is 29.4 Å². The molecular formula is C26H36N2O3S. The van der Waals surface area contributed by atoms with E-state index in [9.17, 15) is 9.90 Å². The summed E-state index contributed by atoms with van der Waals surface area (Å²) in [5.74, 6) is 2.01. The molecule has 3 saturated carbocycles. The molecule has 1 amide bonds. The van der Waals surface area contributed by atoms with Gasteiger partial charge in [-0.2, -0.15) is 0 Å². The molecule has 3 fully saturated rings. The van der Waals surface area contributed by atoms with E-state index in [1.54, 1.807) is 11.3 Å². The Bertz CT molecular complexity index is 910. The van der Waals surface area contributed by atoms with E-state index in [2.05, 4.69) is 30.4 Å². The maximum atomic E-state index is 12.0. The SMILES string of the molecule is CC12CCC(=NOCC(=O)NCc3cccs3)C=C1CCC1C2CCC2(C)C(O)CCC12. The average Bonchev–Trinajstić information content (AvgIpc) is 3.40. The number of aliphatic hydroxyl groups is 1. The second kappa shape index (κ2) is 8.60. The van der Waals surface area contributed by atoms with Crippen LogP contribution in [0.5, 0.6) is 0 Å². The number of rotatable bonds is 5. The Labute approximate surface area is 195 Å². The van der Waals surface area contributed by atoms with Crippen molar-refractivity contribution in [1.82, 2.24) is 5.32 Å². The molecule has 4 aliphatic carbocycles. The Hall–Kier alpha value is -1.66. The fourth-order valence-corrected chi connectivity index (χ4v) is 8.08. The Kier molecular flexibility index (Phi) is 5.95. The van der Waals surface area contributed by atoms with Gasteiger partial charge in [0.2, 0.25) is 0 Å². The molecule has 0 bridgehead atoms. The van der Waals surface area contributed by atoms with Gasteiger partial charge in [-0.1, -0.05) is 30.6 Å². The van der Waals surface area contributed by atoms with Crippen LogP contribution < -0.4 is 5.32 Å². The Morgan fingerprint density at radius 1 is 1.22 bits per heavy atom. The van der Waals surface area contributed by atoms with E-state index >= 15 is 0 Å². The van der Waals surface area contributed by atoms with Gasteiger partial charge in [0.25, 0.3) is 5.91 Å². The molecule has 6 unspecified atom stereocenters. The van der Waals surface area contributed by atoms with Gasteiger partial charge in [0.05, 0.1) is 18.4 Å². The van der Waals surface area contributed by atoms with Gasteiger partial charge in [0.15, 0.2) is 6.61 Å². The number of amides is 1. The number of aliphatic hydroxyl groups excluding tert-OH is 1. The van der Waals surface area contributed by atoms with Gasteiger partial charge in [-0.25, -0.2) is 0 Å². The van der Waals surface area contributed by atoms with Crippen molar-refractivity contribution in [2.45, 2.75) is 77.9 Å². The predicted octanol–water partition coefficient (Wildman–Crippen LogP) is 5.06. The lowest BCUT2D eigenvalue weighted by Gasteiger charge is -2.57. The molecule has 32 heavy (non-hydrogen) atoms. The standard InChI is InChI=1S/C26H36N2O3S/c1-25-11-9-18(28-31-16-24(30)27-15-19-4-3-13-32-19)14-17(25)5-6-20-21-7-8-23(29)26(21,2)12-10-22(20)25/h3-4,13-14,20-23,29H,5-12,15-16H2,1-2H3,(H,27,30). The molecule has 1 aromatic heterocycles. The normalized spacial score (nSPS) is 39.6. The average molecular weight is 457 g/mol. The molecule has 0 aliphatic heterocycles. The predicted molar refractivity (Wildman–Crippen MR) is 127 cm³/mol. The Balaban J connectivity index is 1.20. The summed E-state index contributed by atoms with van der Waals surface area (Å²) in [6.45, 7) is 5.32. The first kappa shape index (κ1) is 22.1. The highest BCUT2D eigenvalue weighted by atomic mass is 32.1. The molecule has 0 aromatic carbocycles. The van der Waals surface area contributed by atoms with Crippen LogP contribution in [0.2, 0.25) is 0 Å². The van der Waals surface area contributed by atoms with E-state index < -0.39 is 0 Å². The van der Waals surface area contributed by atoms with Gasteiger partial charge < -0.3 is 15.3 Å². The highest BCUT2D eigenvalue weighted by Gasteiger charge is 2.58. The highest BCUT2D eigenvalue weighted by Crippen LogP contribution is 2.65. The number of oxime groups is 1. The summed E-state index contributed by atoms with van der Waals surface area (Å²) < 4.78 is 0. The number of fused-ring (bicyclic) bond motifs is 5. The van der Waals surface area contributed by atoms with E-state index in [-0.39, 0.29) is 29.4 Å². The van der Waals surface area contributed by atoms with Crippen LogP contribution in [0.25, 0.3) is 0 Å². The summed E-state index contributed by atoms with van der Waals surface area (Å²) >= 11 is 1.63. The molecule has 0 radical (unpaired) electrons. The molecule has 1 heterocycles. The first-order chi connectivity index (χ1) is 15.4. The summed E-state index contributed by atoms with van der Waals surface area (Å²) in [4.78, 5) is 18.6. The van der Waals surface area contributed by atoms with Gasteiger partial charge in [-0.3, -0.25) is 4.79 Å². The fourth-order valence-electron chi connectivity index (χ4n) is 7.44. The number of hydrogen-bond donors (Lipinski definition) is 2. The van der Waals surface area contributed by atoms with E-state index in [1.807, 2.05) is 17.5 Å². The van der Waals surface area contributed by atoms with Crippen LogP contribution >= 0.6 is 11.3 Å². The van der Waals surface area contributed by atoms with Crippen LogP contribution in [0, 0.1) is 28.6 Å². The van der Waals surface area contributed by atoms with Crippen LogP contribution in [0.4, 0.5) is 0 Å². The zero-order valence-electron chi connectivity index (χ0n) is 19.3. The van der Waals surface area contributed by atoms with Crippen molar-refractivity contribution in [3.05, 3.63) is 34.0 Å². The lowest BCUT2D eigenvalue weighted by Crippen LogP contribution is -2.51. The van der Waals surface area contributed by atoms with Crippen LogP contribution in [0.1, 0.15) is 70.1 Å². The van der Waals surface area contributed by atoms with Crippen molar-refractivity contribution < 1.29 is 14.7 Å². The molecule has 2 N–H and O–H groups in total. The maximum absolute atomic E-state index is 12.0. The Morgan fingerprint density at radius 3 is 2.91 bits per heavy atom. The molecule has 174 valence electrons. The third-order valence-corrected chi connectivity index (χ3v) is 10.2. The van der Waals surface area contributed by atoms with E-state index in [0.29, 0.717) is 12.5 Å². The third kappa shape index (κ3) is 3.83. The zero-order chi connectivity index (χ0) is 22.3. The van der Waals surface area contributed by atoms with Gasteiger partial charge >= 0.3 is 0 Å². The molecule has 1 aromatic rings. The first-order valence-corrected chi connectivity index (χ1v) is 13.1. The molecule has 4 aliphatic rings. The lowest BCUT2D eigenvalue weighted by molar-refractivity contribution is -0.125. The van der Waals surface area contributed by atoms with Gasteiger partial charge in [0.1, 0.15) is 0 Å². The summed E-state index contributed by atoms with van der Waals surface area (Å²) in [6.07, 6.45) is 11.1. The van der Waals surface area contributed by atoms with Crippen LogP contribution in [0.3, 0.4) is 0 Å². The highest BCUT2D eigenvalue weighted by molar-refractivity contribution is 7.09. The van der Waals surface area contributed by atoms with Crippen molar-refractivity contribution in [2.75, 3.05) is 6.61 Å². The topological polar surface area (TPSA) is 70.9 Å². The van der Waals surface area contributed by atoms with Crippen molar-refractivity contribution in [2.24, 2.45) is 33.7 Å².